The van der Waals surface area contributed by atoms with Crippen molar-refractivity contribution in [3.8, 4) is 0 Å². The van der Waals surface area contributed by atoms with Gasteiger partial charge in [0.2, 0.25) is 0 Å². The molecule has 4 fully saturated rings. The summed E-state index contributed by atoms with van der Waals surface area (Å²) in [6.07, 6.45) is 6.90. The highest BCUT2D eigenvalue weighted by Gasteiger charge is 2.60. The van der Waals surface area contributed by atoms with Crippen LogP contribution in [0.15, 0.2) is 0 Å². The lowest BCUT2D eigenvalue weighted by Gasteiger charge is -2.62. The standard InChI is InChI=1S/C16H30O4Si/c1-12(10-21(18-2,19-3)20-4)15-6-13-5-14(7-15)9-16(17,8-13)11-15/h12-14,17H,5-11H2,1-4H3. The lowest BCUT2D eigenvalue weighted by atomic mass is 9.45. The van der Waals surface area contributed by atoms with E-state index in [-0.39, 0.29) is 5.41 Å². The molecule has 0 heterocycles. The van der Waals surface area contributed by atoms with Gasteiger partial charge in [-0.2, -0.15) is 0 Å². The van der Waals surface area contributed by atoms with Gasteiger partial charge in [0.05, 0.1) is 5.60 Å². The van der Waals surface area contributed by atoms with Gasteiger partial charge in [-0.15, -0.1) is 0 Å². The van der Waals surface area contributed by atoms with Gasteiger partial charge < -0.3 is 18.4 Å². The van der Waals surface area contributed by atoms with E-state index in [4.69, 9.17) is 13.3 Å². The second kappa shape index (κ2) is 5.30. The Morgan fingerprint density at radius 1 is 1.05 bits per heavy atom. The van der Waals surface area contributed by atoms with Gasteiger partial charge >= 0.3 is 8.80 Å². The molecule has 4 nitrogen and oxygen atoms in total. The zero-order valence-electron chi connectivity index (χ0n) is 13.9. The van der Waals surface area contributed by atoms with Gasteiger partial charge in [-0.05, 0) is 61.7 Å². The van der Waals surface area contributed by atoms with Crippen LogP contribution in [0.4, 0.5) is 0 Å². The largest absolute Gasteiger partial charge is 0.500 e. The molecular formula is C16H30O4Si. The first-order valence-electron chi connectivity index (χ1n) is 8.26. The molecule has 0 saturated heterocycles. The minimum atomic E-state index is -2.54. The van der Waals surface area contributed by atoms with Gasteiger partial charge in [0.25, 0.3) is 0 Å². The molecule has 0 radical (unpaired) electrons. The predicted molar refractivity (Wildman–Crippen MR) is 82.8 cm³/mol. The monoisotopic (exact) mass is 314 g/mol. The van der Waals surface area contributed by atoms with E-state index in [2.05, 4.69) is 6.92 Å². The van der Waals surface area contributed by atoms with E-state index in [1.807, 2.05) is 0 Å². The molecule has 4 saturated carbocycles. The average molecular weight is 314 g/mol. The van der Waals surface area contributed by atoms with E-state index in [1.54, 1.807) is 21.3 Å². The Kier molecular flexibility index (Phi) is 4.02. The molecule has 0 aliphatic heterocycles. The molecule has 122 valence electrons. The molecule has 1 N–H and O–H groups in total. The molecule has 0 aromatic heterocycles. The Morgan fingerprint density at radius 2 is 1.57 bits per heavy atom. The number of rotatable bonds is 6. The SMILES string of the molecule is CO[Si](CC(C)C12CC3CC(CC(O)(C3)C1)C2)(OC)OC. The molecule has 3 atom stereocenters. The maximum absolute atomic E-state index is 10.9. The van der Waals surface area contributed by atoms with Crippen LogP contribution in [0.2, 0.25) is 6.04 Å². The lowest BCUT2D eigenvalue weighted by molar-refractivity contribution is -0.178. The molecule has 0 aromatic carbocycles. The Labute approximate surface area is 129 Å². The molecule has 0 aromatic rings. The second-order valence-corrected chi connectivity index (χ2v) is 10.9. The normalized spacial score (nSPS) is 43.3. The lowest BCUT2D eigenvalue weighted by Crippen LogP contribution is -2.58. The van der Waals surface area contributed by atoms with Crippen LogP contribution in [0.5, 0.6) is 0 Å². The fourth-order valence-corrected chi connectivity index (χ4v) is 8.14. The fourth-order valence-electron chi connectivity index (χ4n) is 5.95. The molecular weight excluding hydrogens is 284 g/mol. The summed E-state index contributed by atoms with van der Waals surface area (Å²) in [5, 5.41) is 10.9. The highest BCUT2D eigenvalue weighted by atomic mass is 28.4. The molecule has 4 aliphatic rings. The molecule has 4 aliphatic carbocycles. The van der Waals surface area contributed by atoms with Crippen LogP contribution in [0.1, 0.15) is 45.4 Å². The molecule has 4 bridgehead atoms. The Bertz CT molecular complexity index is 373. The van der Waals surface area contributed by atoms with E-state index in [9.17, 15) is 5.11 Å². The quantitative estimate of drug-likeness (QED) is 0.766. The van der Waals surface area contributed by atoms with Crippen molar-refractivity contribution >= 4 is 8.80 Å². The summed E-state index contributed by atoms with van der Waals surface area (Å²) in [6, 6.07) is 0.853. The third kappa shape index (κ3) is 2.61. The highest BCUT2D eigenvalue weighted by molar-refractivity contribution is 6.60. The summed E-state index contributed by atoms with van der Waals surface area (Å²) in [5.41, 5.74) is -0.123. The van der Waals surface area contributed by atoms with E-state index < -0.39 is 14.4 Å². The van der Waals surface area contributed by atoms with E-state index >= 15 is 0 Å². The maximum atomic E-state index is 10.9. The van der Waals surface area contributed by atoms with Crippen molar-refractivity contribution in [1.82, 2.24) is 0 Å². The number of hydrogen-bond donors (Lipinski definition) is 1. The van der Waals surface area contributed by atoms with Crippen LogP contribution in [-0.4, -0.2) is 40.8 Å². The van der Waals surface area contributed by atoms with Crippen LogP contribution in [0, 0.1) is 23.2 Å². The van der Waals surface area contributed by atoms with E-state index in [0.29, 0.717) is 5.92 Å². The van der Waals surface area contributed by atoms with Crippen molar-refractivity contribution in [3.05, 3.63) is 0 Å². The smallest absolute Gasteiger partial charge is 0.390 e. The van der Waals surface area contributed by atoms with Gasteiger partial charge in [-0.1, -0.05) is 6.92 Å². The van der Waals surface area contributed by atoms with Crippen molar-refractivity contribution in [2.24, 2.45) is 23.2 Å². The predicted octanol–water partition coefficient (Wildman–Crippen LogP) is 2.83. The average Bonchev–Trinajstić information content (AvgIpc) is 2.42. The van der Waals surface area contributed by atoms with Crippen LogP contribution in [0.3, 0.4) is 0 Å². The summed E-state index contributed by atoms with van der Waals surface area (Å²) < 4.78 is 16.9. The van der Waals surface area contributed by atoms with Crippen molar-refractivity contribution in [2.75, 3.05) is 21.3 Å². The Morgan fingerprint density at radius 3 is 2.00 bits per heavy atom. The molecule has 3 unspecified atom stereocenters. The highest BCUT2D eigenvalue weighted by Crippen LogP contribution is 2.64. The van der Waals surface area contributed by atoms with Crippen molar-refractivity contribution in [2.45, 2.75) is 57.1 Å². The maximum Gasteiger partial charge on any atom is 0.500 e. The van der Waals surface area contributed by atoms with Crippen molar-refractivity contribution in [1.29, 1.82) is 0 Å². The van der Waals surface area contributed by atoms with E-state index in [1.165, 1.54) is 19.3 Å². The number of aliphatic hydroxyl groups is 1. The topological polar surface area (TPSA) is 47.9 Å². The summed E-state index contributed by atoms with van der Waals surface area (Å²) in [4.78, 5) is 0. The zero-order chi connectivity index (χ0) is 15.3. The van der Waals surface area contributed by atoms with Crippen LogP contribution < -0.4 is 0 Å². The van der Waals surface area contributed by atoms with E-state index in [0.717, 1.165) is 37.1 Å². The zero-order valence-corrected chi connectivity index (χ0v) is 14.9. The summed E-state index contributed by atoms with van der Waals surface area (Å²) >= 11 is 0. The van der Waals surface area contributed by atoms with Crippen LogP contribution >= 0.6 is 0 Å². The van der Waals surface area contributed by atoms with Gasteiger partial charge in [-0.25, -0.2) is 0 Å². The van der Waals surface area contributed by atoms with Crippen LogP contribution in [-0.2, 0) is 13.3 Å². The van der Waals surface area contributed by atoms with Gasteiger partial charge in [0, 0.05) is 27.4 Å². The summed E-state index contributed by atoms with van der Waals surface area (Å²) in [5.74, 6) is 1.92. The third-order valence-electron chi connectivity index (χ3n) is 6.61. The molecule has 5 heteroatoms. The Hall–Kier alpha value is 0.0569. The van der Waals surface area contributed by atoms with Crippen LogP contribution in [0.25, 0.3) is 0 Å². The fraction of sp³-hybridized carbons (Fsp3) is 1.00. The number of hydrogen-bond acceptors (Lipinski definition) is 4. The minimum Gasteiger partial charge on any atom is -0.390 e. The first-order chi connectivity index (χ1) is 9.88. The molecule has 4 rings (SSSR count). The third-order valence-corrected chi connectivity index (χ3v) is 9.59. The molecule has 21 heavy (non-hydrogen) atoms. The van der Waals surface area contributed by atoms with Crippen molar-refractivity contribution in [3.63, 3.8) is 0 Å². The minimum absolute atomic E-state index is 0.271. The van der Waals surface area contributed by atoms with Gasteiger partial charge in [0.1, 0.15) is 0 Å². The summed E-state index contributed by atoms with van der Waals surface area (Å²) in [7, 11) is 2.54. The van der Waals surface area contributed by atoms with Crippen molar-refractivity contribution < 1.29 is 18.4 Å². The molecule has 0 spiro atoms. The first kappa shape index (κ1) is 15.9. The Balaban J connectivity index is 1.79. The summed E-state index contributed by atoms with van der Waals surface area (Å²) in [6.45, 7) is 2.31. The second-order valence-electron chi connectivity index (χ2n) is 7.95. The molecule has 0 amide bonds. The first-order valence-corrected chi connectivity index (χ1v) is 10.2. The van der Waals surface area contributed by atoms with Gasteiger partial charge in [0.15, 0.2) is 0 Å². The van der Waals surface area contributed by atoms with Gasteiger partial charge in [-0.3, -0.25) is 0 Å².